The summed E-state index contributed by atoms with van der Waals surface area (Å²) in [6, 6.07) is 25.0. The molecular weight excluding hydrogens is 368 g/mol. The minimum atomic E-state index is 1.11. The summed E-state index contributed by atoms with van der Waals surface area (Å²) in [6.45, 7) is 0. The van der Waals surface area contributed by atoms with Crippen LogP contribution in [0.4, 0.5) is 0 Å². The van der Waals surface area contributed by atoms with Crippen molar-refractivity contribution in [3.05, 3.63) is 122 Å². The molecule has 0 N–H and O–H groups in total. The third-order valence-corrected chi connectivity index (χ3v) is 5.07. The molecule has 0 amide bonds. The molecule has 5 rings (SSSR count). The molecule has 0 aliphatic carbocycles. The first-order valence-electron chi connectivity index (χ1n) is 9.81. The number of nitrogens with zero attached hydrogens (tertiary/aromatic N) is 4. The van der Waals surface area contributed by atoms with Crippen molar-refractivity contribution in [2.24, 2.45) is 0 Å². The van der Waals surface area contributed by atoms with E-state index >= 15 is 0 Å². The summed E-state index contributed by atoms with van der Waals surface area (Å²) >= 11 is 0. The van der Waals surface area contributed by atoms with Crippen LogP contribution in [-0.4, -0.2) is 9.97 Å². The van der Waals surface area contributed by atoms with Gasteiger partial charge in [0.15, 0.2) is 24.8 Å². The van der Waals surface area contributed by atoms with Gasteiger partial charge in [-0.25, -0.2) is 0 Å². The highest BCUT2D eigenvalue weighted by Gasteiger charge is 2.12. The van der Waals surface area contributed by atoms with Crippen LogP contribution in [0.2, 0.25) is 0 Å². The van der Waals surface area contributed by atoms with Crippen molar-refractivity contribution in [3.8, 4) is 33.6 Å². The van der Waals surface area contributed by atoms with E-state index in [0.717, 1.165) is 33.6 Å². The molecule has 0 atom stereocenters. The lowest BCUT2D eigenvalue weighted by molar-refractivity contribution is -0.599. The predicted molar refractivity (Wildman–Crippen MR) is 116 cm³/mol. The summed E-state index contributed by atoms with van der Waals surface area (Å²) in [6.07, 6.45) is 15.7. The molecule has 4 nitrogen and oxygen atoms in total. The second-order valence-electron chi connectivity index (χ2n) is 6.99. The molecule has 4 aromatic heterocycles. The van der Waals surface area contributed by atoms with Gasteiger partial charge < -0.3 is 0 Å². The first-order valence-corrected chi connectivity index (χ1v) is 9.81. The molecule has 0 bridgehead atoms. The quantitative estimate of drug-likeness (QED) is 0.429. The number of rotatable bonds is 4. The van der Waals surface area contributed by atoms with E-state index in [1.54, 1.807) is 0 Å². The van der Waals surface area contributed by atoms with Gasteiger partial charge in [0.25, 0.3) is 0 Å². The summed E-state index contributed by atoms with van der Waals surface area (Å²) in [4.78, 5) is 8.21. The summed E-state index contributed by atoms with van der Waals surface area (Å²) in [5.41, 5.74) is 6.84. The zero-order valence-corrected chi connectivity index (χ0v) is 16.3. The fraction of sp³-hybridized carbons (Fsp3) is 0. The van der Waals surface area contributed by atoms with E-state index in [4.69, 9.17) is 0 Å². The first kappa shape index (κ1) is 17.9. The number of aromatic nitrogens is 4. The molecule has 1 aromatic carbocycles. The van der Waals surface area contributed by atoms with Gasteiger partial charge >= 0.3 is 0 Å². The van der Waals surface area contributed by atoms with Crippen LogP contribution in [0.3, 0.4) is 0 Å². The van der Waals surface area contributed by atoms with E-state index in [9.17, 15) is 0 Å². The van der Waals surface area contributed by atoms with E-state index in [2.05, 4.69) is 92.4 Å². The Balaban J connectivity index is 1.44. The second-order valence-corrected chi connectivity index (χ2v) is 6.99. The van der Waals surface area contributed by atoms with Crippen LogP contribution in [-0.2, 0) is 0 Å². The largest absolute Gasteiger partial charge is 0.265 e. The summed E-state index contributed by atoms with van der Waals surface area (Å²) < 4.78 is 4.27. The highest BCUT2D eigenvalue weighted by Crippen LogP contribution is 2.18. The van der Waals surface area contributed by atoms with E-state index in [0.29, 0.717) is 0 Å². The molecule has 0 radical (unpaired) electrons. The van der Waals surface area contributed by atoms with Gasteiger partial charge in [-0.3, -0.25) is 9.97 Å². The summed E-state index contributed by atoms with van der Waals surface area (Å²) in [7, 11) is 0. The Labute approximate surface area is 175 Å². The van der Waals surface area contributed by atoms with Crippen LogP contribution in [0.15, 0.2) is 122 Å². The molecule has 4 heterocycles. The van der Waals surface area contributed by atoms with Crippen LogP contribution in [0, 0.1) is 0 Å². The Bertz CT molecular complexity index is 1170. The Kier molecular flexibility index (Phi) is 4.80. The fourth-order valence-electron chi connectivity index (χ4n) is 3.50. The molecule has 0 spiro atoms. The van der Waals surface area contributed by atoms with E-state index in [-0.39, 0.29) is 0 Å². The highest BCUT2D eigenvalue weighted by atomic mass is 15.0. The number of pyridine rings is 4. The van der Waals surface area contributed by atoms with E-state index < -0.39 is 0 Å². The minimum absolute atomic E-state index is 1.11. The van der Waals surface area contributed by atoms with E-state index in [1.807, 2.05) is 49.1 Å². The highest BCUT2D eigenvalue weighted by molar-refractivity contribution is 5.61. The van der Waals surface area contributed by atoms with Crippen molar-refractivity contribution < 1.29 is 9.13 Å². The molecule has 142 valence electrons. The Morgan fingerprint density at radius 1 is 0.433 bits per heavy atom. The van der Waals surface area contributed by atoms with Gasteiger partial charge in [-0.2, -0.15) is 9.13 Å². The van der Waals surface area contributed by atoms with Crippen molar-refractivity contribution in [1.82, 2.24) is 9.97 Å². The van der Waals surface area contributed by atoms with E-state index in [1.165, 1.54) is 0 Å². The number of benzene rings is 1. The van der Waals surface area contributed by atoms with Gasteiger partial charge in [0.1, 0.15) is 0 Å². The van der Waals surface area contributed by atoms with Gasteiger partial charge in [0.2, 0.25) is 11.4 Å². The van der Waals surface area contributed by atoms with Crippen LogP contribution in [0.25, 0.3) is 33.6 Å². The fourth-order valence-corrected chi connectivity index (χ4v) is 3.50. The summed E-state index contributed by atoms with van der Waals surface area (Å²) in [5, 5.41) is 0. The lowest BCUT2D eigenvalue weighted by atomic mass is 10.1. The summed E-state index contributed by atoms with van der Waals surface area (Å²) in [5.74, 6) is 0. The van der Waals surface area contributed by atoms with Crippen LogP contribution in [0.5, 0.6) is 0 Å². The molecule has 30 heavy (non-hydrogen) atoms. The standard InChI is InChI=1S/C26H20N4/c1-3-23(21-9-13-27-14-10-21)19-29(17-1)25-5-7-26(8-6-25)30-18-2-4-24(20-30)22-11-15-28-16-12-22/h1-20H/q+2. The SMILES string of the molecule is c1cc(-c2ccncc2)c[n+](-c2ccc(-[n+]3cccc(-c4ccncc4)c3)cc2)c1. The van der Waals surface area contributed by atoms with Crippen molar-refractivity contribution in [2.75, 3.05) is 0 Å². The predicted octanol–water partition coefficient (Wildman–Crippen LogP) is 4.36. The van der Waals surface area contributed by atoms with Gasteiger partial charge in [0, 0.05) is 72.3 Å². The third-order valence-electron chi connectivity index (χ3n) is 5.07. The molecule has 0 aliphatic heterocycles. The smallest absolute Gasteiger partial charge is 0.211 e. The molecule has 0 saturated heterocycles. The van der Waals surface area contributed by atoms with Crippen molar-refractivity contribution in [2.45, 2.75) is 0 Å². The zero-order chi connectivity index (χ0) is 20.2. The number of hydrogen-bond acceptors (Lipinski definition) is 2. The molecule has 0 fully saturated rings. The van der Waals surface area contributed by atoms with Crippen molar-refractivity contribution in [3.63, 3.8) is 0 Å². The second kappa shape index (κ2) is 8.05. The van der Waals surface area contributed by atoms with Gasteiger partial charge in [-0.1, -0.05) is 0 Å². The molecule has 5 aromatic rings. The maximum absolute atomic E-state index is 4.10. The van der Waals surface area contributed by atoms with Crippen molar-refractivity contribution >= 4 is 0 Å². The molecule has 0 saturated carbocycles. The van der Waals surface area contributed by atoms with Crippen LogP contribution in [0.1, 0.15) is 0 Å². The topological polar surface area (TPSA) is 33.5 Å². The maximum atomic E-state index is 4.10. The lowest BCUT2D eigenvalue weighted by Gasteiger charge is -2.02. The Morgan fingerprint density at radius 3 is 1.23 bits per heavy atom. The van der Waals surface area contributed by atoms with Gasteiger partial charge in [-0.15, -0.1) is 0 Å². The maximum Gasteiger partial charge on any atom is 0.211 e. The molecule has 0 aliphatic rings. The minimum Gasteiger partial charge on any atom is -0.265 e. The van der Waals surface area contributed by atoms with Crippen molar-refractivity contribution in [1.29, 1.82) is 0 Å². The average molecular weight is 388 g/mol. The van der Waals surface area contributed by atoms with Gasteiger partial charge in [0.05, 0.1) is 0 Å². The lowest BCUT2D eigenvalue weighted by Crippen LogP contribution is -2.32. The Morgan fingerprint density at radius 2 is 0.833 bits per heavy atom. The zero-order valence-electron chi connectivity index (χ0n) is 16.3. The Hall–Kier alpha value is -4.18. The molecule has 0 unspecified atom stereocenters. The van der Waals surface area contributed by atoms with Crippen LogP contribution >= 0.6 is 0 Å². The average Bonchev–Trinajstić information content (AvgIpc) is 2.85. The number of hydrogen-bond donors (Lipinski definition) is 0. The molecular formula is C26H20N4+2. The third kappa shape index (κ3) is 3.71. The van der Waals surface area contributed by atoms with Gasteiger partial charge in [-0.05, 0) is 47.5 Å². The monoisotopic (exact) mass is 388 g/mol. The molecule has 4 heteroatoms. The van der Waals surface area contributed by atoms with Crippen LogP contribution < -0.4 is 9.13 Å². The normalized spacial score (nSPS) is 10.7. The first-order chi connectivity index (χ1) is 14.9.